The summed E-state index contributed by atoms with van der Waals surface area (Å²) in [6, 6.07) is 0. The Balaban J connectivity index is 1.04. The fraction of sp³-hybridized carbons (Fsp3) is 0.750. The fourth-order valence-corrected chi connectivity index (χ4v) is 7.41. The predicted molar refractivity (Wildman–Crippen MR) is 132 cm³/mol. The maximum Gasteiger partial charge on any atom is 0.330 e. The minimum atomic E-state index is -0.921. The quantitative estimate of drug-likeness (QED) is 0.304. The van der Waals surface area contributed by atoms with Crippen molar-refractivity contribution < 1.29 is 24.2 Å². The van der Waals surface area contributed by atoms with E-state index in [4.69, 9.17) is 9.47 Å². The molecule has 1 aromatic heterocycles. The highest BCUT2D eigenvalue weighted by atomic mass is 127. The summed E-state index contributed by atoms with van der Waals surface area (Å²) < 4.78 is 12.5. The first-order chi connectivity index (χ1) is 16.7. The third kappa shape index (κ3) is 5.51. The molecule has 2 heterocycles. The summed E-state index contributed by atoms with van der Waals surface area (Å²) in [7, 11) is 0. The Morgan fingerprint density at radius 1 is 1.14 bits per heavy atom. The van der Waals surface area contributed by atoms with Crippen LogP contribution in [0.25, 0.3) is 0 Å². The largest absolute Gasteiger partial charge is 0.463 e. The third-order valence-corrected chi connectivity index (χ3v) is 8.84. The van der Waals surface area contributed by atoms with Gasteiger partial charge in [-0.05, 0) is 85.3 Å². The van der Waals surface area contributed by atoms with E-state index >= 15 is 0 Å². The number of carbonyl (C=O) groups excluding carboxylic acids is 2. The Hall–Kier alpha value is -1.73. The molecule has 1 amide bonds. The monoisotopic (exact) mass is 601 g/mol. The molecular weight excluding hydrogens is 569 g/mol. The highest BCUT2D eigenvalue weighted by Crippen LogP contribution is 2.55. The van der Waals surface area contributed by atoms with Crippen molar-refractivity contribution in [1.82, 2.24) is 14.9 Å². The van der Waals surface area contributed by atoms with E-state index in [1.165, 1.54) is 30.0 Å². The summed E-state index contributed by atoms with van der Waals surface area (Å²) in [6.45, 7) is -0.148. The lowest BCUT2D eigenvalue weighted by Crippen LogP contribution is -2.59. The van der Waals surface area contributed by atoms with Gasteiger partial charge in [0.05, 0.1) is 9.67 Å². The van der Waals surface area contributed by atoms with Crippen LogP contribution in [0.3, 0.4) is 0 Å². The van der Waals surface area contributed by atoms with Crippen LogP contribution in [0, 0.1) is 21.3 Å². The Morgan fingerprint density at radius 3 is 2.46 bits per heavy atom. The number of carbonyl (C=O) groups is 2. The lowest BCUT2D eigenvalue weighted by Gasteiger charge is -2.56. The Bertz CT molecular complexity index is 1060. The highest BCUT2D eigenvalue weighted by molar-refractivity contribution is 14.1. The number of ether oxygens (including phenoxy) is 2. The highest BCUT2D eigenvalue weighted by Gasteiger charge is 2.51. The summed E-state index contributed by atoms with van der Waals surface area (Å²) in [5.74, 6) is 1.84. The number of hydrogen-bond acceptors (Lipinski definition) is 7. The molecule has 10 nitrogen and oxygen atoms in total. The Labute approximate surface area is 216 Å². The van der Waals surface area contributed by atoms with E-state index in [-0.39, 0.29) is 37.3 Å². The van der Waals surface area contributed by atoms with E-state index in [2.05, 4.69) is 10.3 Å². The van der Waals surface area contributed by atoms with Gasteiger partial charge in [-0.15, -0.1) is 0 Å². The van der Waals surface area contributed by atoms with Crippen molar-refractivity contribution in [2.75, 3.05) is 6.61 Å². The van der Waals surface area contributed by atoms with Crippen LogP contribution >= 0.6 is 22.6 Å². The molecule has 4 aliphatic carbocycles. The number of aliphatic hydroxyl groups excluding tert-OH is 1. The number of halogens is 1. The summed E-state index contributed by atoms with van der Waals surface area (Å²) in [5, 5.41) is 13.6. The summed E-state index contributed by atoms with van der Waals surface area (Å²) in [6.07, 6.45) is 7.11. The summed E-state index contributed by atoms with van der Waals surface area (Å²) >= 11 is 1.81. The molecule has 0 aromatic carbocycles. The number of hydrogen-bond donors (Lipinski definition) is 3. The van der Waals surface area contributed by atoms with Gasteiger partial charge in [-0.2, -0.15) is 0 Å². The molecule has 5 aliphatic rings. The zero-order valence-electron chi connectivity index (χ0n) is 19.5. The van der Waals surface area contributed by atoms with Gasteiger partial charge in [-0.25, -0.2) is 4.79 Å². The van der Waals surface area contributed by atoms with E-state index in [0.717, 1.165) is 37.0 Å². The van der Waals surface area contributed by atoms with Gasteiger partial charge in [0.1, 0.15) is 18.9 Å². The second-order valence-corrected chi connectivity index (χ2v) is 12.0. The van der Waals surface area contributed by atoms with Crippen LogP contribution < -0.4 is 16.6 Å². The molecule has 11 heteroatoms. The van der Waals surface area contributed by atoms with Gasteiger partial charge in [-0.3, -0.25) is 23.9 Å². The van der Waals surface area contributed by atoms with Gasteiger partial charge in [0.15, 0.2) is 0 Å². The maximum absolute atomic E-state index is 12.6. The molecule has 192 valence electrons. The molecule has 35 heavy (non-hydrogen) atoms. The average Bonchev–Trinajstić information content (AvgIpc) is 3.13. The van der Waals surface area contributed by atoms with Crippen molar-refractivity contribution in [1.29, 1.82) is 0 Å². The number of amides is 1. The predicted octanol–water partition coefficient (Wildman–Crippen LogP) is 1.59. The van der Waals surface area contributed by atoms with Crippen molar-refractivity contribution >= 4 is 34.5 Å². The SMILES string of the molecule is O=C(CCCC(=O)OC[C@H]1O[C@@H](n2cc(I)c(=O)[nH]c2=O)C[C@@H]1O)NC12CC3CC(CC(C3)C1)C2. The molecule has 5 fully saturated rings. The van der Waals surface area contributed by atoms with Gasteiger partial charge in [0.25, 0.3) is 5.56 Å². The average molecular weight is 601 g/mol. The number of H-pyrrole nitrogens is 1. The van der Waals surface area contributed by atoms with Gasteiger partial charge < -0.3 is 19.9 Å². The van der Waals surface area contributed by atoms with Crippen LogP contribution in [0.5, 0.6) is 0 Å². The number of nitrogens with zero attached hydrogens (tertiary/aromatic N) is 1. The van der Waals surface area contributed by atoms with Crippen molar-refractivity contribution in [3.05, 3.63) is 30.6 Å². The standard InChI is InChI=1S/C24H32IN3O7/c25-16-11-28(23(33)26-22(16)32)20-7-17(29)18(35-20)12-34-21(31)3-1-2-19(30)27-24-8-13-4-14(9-24)6-15(5-13)10-24/h11,13-15,17-18,20,29H,1-10,12H2,(H,27,30)(H,26,32,33)/t13?,14?,15?,17-,18+,20+,24?/m0/s1. The topological polar surface area (TPSA) is 140 Å². The third-order valence-electron chi connectivity index (χ3n) is 8.07. The van der Waals surface area contributed by atoms with Crippen LogP contribution in [0.4, 0.5) is 0 Å². The summed E-state index contributed by atoms with van der Waals surface area (Å²) in [4.78, 5) is 50.6. The summed E-state index contributed by atoms with van der Waals surface area (Å²) in [5.41, 5.74) is -1.13. The van der Waals surface area contributed by atoms with E-state index in [1.807, 2.05) is 22.6 Å². The molecule has 1 saturated heterocycles. The van der Waals surface area contributed by atoms with Crippen molar-refractivity contribution in [3.8, 4) is 0 Å². The Kier molecular flexibility index (Phi) is 7.10. The number of nitrogens with one attached hydrogen (secondary N) is 2. The lowest BCUT2D eigenvalue weighted by molar-refractivity contribution is -0.150. The van der Waals surface area contributed by atoms with Crippen molar-refractivity contribution in [3.63, 3.8) is 0 Å². The van der Waals surface area contributed by atoms with Crippen LogP contribution in [-0.2, 0) is 19.1 Å². The van der Waals surface area contributed by atoms with Gasteiger partial charge >= 0.3 is 11.7 Å². The molecule has 3 atom stereocenters. The van der Waals surface area contributed by atoms with Gasteiger partial charge in [0.2, 0.25) is 5.91 Å². The van der Waals surface area contributed by atoms with Gasteiger partial charge in [-0.1, -0.05) is 0 Å². The first-order valence-corrected chi connectivity index (χ1v) is 13.6. The minimum Gasteiger partial charge on any atom is -0.463 e. The zero-order chi connectivity index (χ0) is 24.7. The normalized spacial score (nSPS) is 35.3. The van der Waals surface area contributed by atoms with E-state index in [9.17, 15) is 24.3 Å². The zero-order valence-corrected chi connectivity index (χ0v) is 21.7. The molecule has 4 saturated carbocycles. The molecule has 6 rings (SSSR count). The van der Waals surface area contributed by atoms with Crippen molar-refractivity contribution in [2.24, 2.45) is 17.8 Å². The molecule has 4 bridgehead atoms. The molecule has 0 unspecified atom stereocenters. The number of aromatic amines is 1. The molecule has 0 spiro atoms. The minimum absolute atomic E-state index is 0.0121. The first kappa shape index (κ1) is 24.9. The van der Waals surface area contributed by atoms with Gasteiger partial charge in [0, 0.05) is 31.0 Å². The van der Waals surface area contributed by atoms with Crippen LogP contribution in [-0.4, -0.2) is 50.9 Å². The Morgan fingerprint density at radius 2 is 1.80 bits per heavy atom. The second kappa shape index (κ2) is 9.97. The molecule has 0 radical (unpaired) electrons. The molecular formula is C24H32IN3O7. The van der Waals surface area contributed by atoms with Crippen LogP contribution in [0.1, 0.15) is 70.4 Å². The first-order valence-electron chi connectivity index (χ1n) is 12.5. The molecule has 1 aliphatic heterocycles. The number of esters is 1. The number of aromatic nitrogens is 2. The van der Waals surface area contributed by atoms with Crippen LogP contribution in [0.15, 0.2) is 15.8 Å². The number of aliphatic hydroxyl groups is 1. The second-order valence-electron chi connectivity index (χ2n) is 10.9. The van der Waals surface area contributed by atoms with E-state index < -0.39 is 35.7 Å². The lowest BCUT2D eigenvalue weighted by atomic mass is 9.53. The van der Waals surface area contributed by atoms with Crippen molar-refractivity contribution in [2.45, 2.75) is 88.2 Å². The molecule has 1 aromatic rings. The van der Waals surface area contributed by atoms with E-state index in [0.29, 0.717) is 9.99 Å². The smallest absolute Gasteiger partial charge is 0.330 e. The number of rotatable bonds is 8. The van der Waals surface area contributed by atoms with E-state index in [1.54, 1.807) is 0 Å². The van der Waals surface area contributed by atoms with Crippen LogP contribution in [0.2, 0.25) is 0 Å². The molecule has 3 N–H and O–H groups in total. The maximum atomic E-state index is 12.6. The fourth-order valence-electron chi connectivity index (χ4n) is 6.97.